The molecule has 0 bridgehead atoms. The minimum absolute atomic E-state index is 0.129. The number of nitrogens with two attached hydrogens (primary N) is 1. The number of carboxylic acid groups (broad SMARTS) is 1. The first-order valence-corrected chi connectivity index (χ1v) is 3.51. The van der Waals surface area contributed by atoms with E-state index >= 15 is 0 Å². The molecule has 0 aliphatic heterocycles. The molecule has 0 aliphatic rings. The van der Waals surface area contributed by atoms with Crippen LogP contribution in [0.2, 0.25) is 0 Å². The van der Waals surface area contributed by atoms with Gasteiger partial charge in [-0.05, 0) is 15.9 Å². The smallest absolute Gasteiger partial charge is 0.328 e. The van der Waals surface area contributed by atoms with Gasteiger partial charge in [-0.25, -0.2) is 0 Å². The van der Waals surface area contributed by atoms with Crippen molar-refractivity contribution in [2.45, 2.75) is 6.04 Å². The minimum Gasteiger partial charge on any atom is -0.480 e. The summed E-state index contributed by atoms with van der Waals surface area (Å²) in [5.41, 5.74) is 5.20. The molecule has 11 heavy (non-hydrogen) atoms. The zero-order valence-corrected chi connectivity index (χ0v) is 6.91. The topological polar surface area (TPSA) is 89.4 Å². The number of nitrogens with zero attached hydrogens (tertiary/aromatic N) is 1. The fourth-order valence-electron chi connectivity index (χ4n) is 0.535. The molecule has 1 atom stereocenters. The molecule has 0 spiro atoms. The Bertz CT molecular complexity index is 272. The summed E-state index contributed by atoms with van der Waals surface area (Å²) in [7, 11) is 0. The van der Waals surface area contributed by atoms with E-state index in [1.165, 1.54) is 6.07 Å². The van der Waals surface area contributed by atoms with Crippen LogP contribution in [0.4, 0.5) is 0 Å². The van der Waals surface area contributed by atoms with Gasteiger partial charge in [0.05, 0.1) is 0 Å². The van der Waals surface area contributed by atoms with Gasteiger partial charge in [-0.2, -0.15) is 0 Å². The lowest BCUT2D eigenvalue weighted by Gasteiger charge is -1.97. The largest absolute Gasteiger partial charge is 0.480 e. The monoisotopic (exact) mass is 220 g/mol. The summed E-state index contributed by atoms with van der Waals surface area (Å²) >= 11 is 3.00. The van der Waals surface area contributed by atoms with Crippen LogP contribution < -0.4 is 5.73 Å². The van der Waals surface area contributed by atoms with E-state index in [0.29, 0.717) is 4.60 Å². The van der Waals surface area contributed by atoms with E-state index in [1.807, 2.05) is 0 Å². The Labute approximate surface area is 70.3 Å². The third kappa shape index (κ3) is 1.78. The molecule has 1 rings (SSSR count). The predicted octanol–water partition coefficient (Wildman–Crippen LogP) is 0.522. The van der Waals surface area contributed by atoms with E-state index < -0.39 is 12.0 Å². The first-order chi connectivity index (χ1) is 5.11. The zero-order chi connectivity index (χ0) is 8.43. The predicted molar refractivity (Wildman–Crippen MR) is 38.8 cm³/mol. The maximum absolute atomic E-state index is 10.3. The summed E-state index contributed by atoms with van der Waals surface area (Å²) in [6.07, 6.45) is 0. The van der Waals surface area contributed by atoms with Crippen LogP contribution >= 0.6 is 15.9 Å². The third-order valence-corrected chi connectivity index (χ3v) is 1.45. The van der Waals surface area contributed by atoms with Gasteiger partial charge in [0.1, 0.15) is 4.60 Å². The maximum Gasteiger partial charge on any atom is 0.328 e. The summed E-state index contributed by atoms with van der Waals surface area (Å²) in [6.45, 7) is 0. The Balaban J connectivity index is 2.84. The number of carboxylic acids is 1. The SMILES string of the molecule is NC(C(=O)O)c1cc(Br)no1. The first-order valence-electron chi connectivity index (χ1n) is 2.72. The van der Waals surface area contributed by atoms with Crippen LogP contribution in [-0.4, -0.2) is 16.2 Å². The van der Waals surface area contributed by atoms with Crippen molar-refractivity contribution in [3.05, 3.63) is 16.4 Å². The van der Waals surface area contributed by atoms with Gasteiger partial charge in [0.15, 0.2) is 11.8 Å². The molecule has 0 fully saturated rings. The number of rotatable bonds is 2. The van der Waals surface area contributed by atoms with Crippen molar-refractivity contribution in [3.8, 4) is 0 Å². The van der Waals surface area contributed by atoms with Crippen LogP contribution in [0.3, 0.4) is 0 Å². The molecule has 0 saturated carbocycles. The summed E-state index contributed by atoms with van der Waals surface area (Å²) in [4.78, 5) is 10.3. The van der Waals surface area contributed by atoms with Crippen molar-refractivity contribution in [3.63, 3.8) is 0 Å². The minimum atomic E-state index is -1.14. The van der Waals surface area contributed by atoms with E-state index in [2.05, 4.69) is 25.6 Å². The Morgan fingerprint density at radius 3 is 2.91 bits per heavy atom. The normalized spacial score (nSPS) is 12.9. The van der Waals surface area contributed by atoms with Crippen LogP contribution in [0.25, 0.3) is 0 Å². The summed E-state index contributed by atoms with van der Waals surface area (Å²) in [5.74, 6) is -1.02. The molecule has 1 heterocycles. The van der Waals surface area contributed by atoms with Gasteiger partial charge in [-0.15, -0.1) is 0 Å². The number of aromatic nitrogens is 1. The van der Waals surface area contributed by atoms with Crippen molar-refractivity contribution in [1.29, 1.82) is 0 Å². The van der Waals surface area contributed by atoms with Crippen molar-refractivity contribution in [1.82, 2.24) is 5.16 Å². The highest BCUT2D eigenvalue weighted by Gasteiger charge is 2.18. The summed E-state index contributed by atoms with van der Waals surface area (Å²) < 4.78 is 5.02. The van der Waals surface area contributed by atoms with Gasteiger partial charge >= 0.3 is 5.97 Å². The van der Waals surface area contributed by atoms with Gasteiger partial charge in [0, 0.05) is 6.07 Å². The van der Waals surface area contributed by atoms with Crippen molar-refractivity contribution in [2.24, 2.45) is 5.73 Å². The molecule has 1 aromatic rings. The van der Waals surface area contributed by atoms with E-state index in [-0.39, 0.29) is 5.76 Å². The van der Waals surface area contributed by atoms with Gasteiger partial charge in [0.25, 0.3) is 0 Å². The molecular weight excluding hydrogens is 216 g/mol. The van der Waals surface area contributed by atoms with Crippen LogP contribution in [0.5, 0.6) is 0 Å². The lowest BCUT2D eigenvalue weighted by molar-refractivity contribution is -0.139. The molecule has 6 heteroatoms. The number of halogens is 1. The van der Waals surface area contributed by atoms with Crippen LogP contribution in [0, 0.1) is 0 Å². The number of hydrogen-bond acceptors (Lipinski definition) is 4. The Morgan fingerprint density at radius 2 is 2.55 bits per heavy atom. The highest BCUT2D eigenvalue weighted by molar-refractivity contribution is 9.10. The van der Waals surface area contributed by atoms with Crippen LogP contribution in [0.15, 0.2) is 15.2 Å². The first kappa shape index (κ1) is 8.22. The lowest BCUT2D eigenvalue weighted by Crippen LogP contribution is -2.19. The quantitative estimate of drug-likeness (QED) is 0.759. The van der Waals surface area contributed by atoms with E-state index in [0.717, 1.165) is 0 Å². The van der Waals surface area contributed by atoms with Crippen LogP contribution in [-0.2, 0) is 4.79 Å². The molecule has 0 amide bonds. The van der Waals surface area contributed by atoms with Crippen molar-refractivity contribution in [2.75, 3.05) is 0 Å². The summed E-state index contributed by atoms with van der Waals surface area (Å²) in [6, 6.07) is 0.271. The van der Waals surface area contributed by atoms with Crippen LogP contribution in [0.1, 0.15) is 11.8 Å². The highest BCUT2D eigenvalue weighted by atomic mass is 79.9. The van der Waals surface area contributed by atoms with Crippen molar-refractivity contribution >= 4 is 21.9 Å². The lowest BCUT2D eigenvalue weighted by atomic mass is 10.2. The molecule has 60 valence electrons. The maximum atomic E-state index is 10.3. The molecule has 0 aromatic carbocycles. The molecule has 1 unspecified atom stereocenters. The summed E-state index contributed by atoms with van der Waals surface area (Å²) in [5, 5.41) is 11.8. The third-order valence-electron chi connectivity index (χ3n) is 1.07. The number of aliphatic carboxylic acids is 1. The Morgan fingerprint density at radius 1 is 1.91 bits per heavy atom. The molecule has 0 radical (unpaired) electrons. The Hall–Kier alpha value is -0.880. The fourth-order valence-corrected chi connectivity index (χ4v) is 0.833. The Kier molecular flexibility index (Phi) is 2.25. The molecular formula is C5H5BrN2O3. The van der Waals surface area contributed by atoms with Gasteiger partial charge in [0.2, 0.25) is 0 Å². The highest BCUT2D eigenvalue weighted by Crippen LogP contribution is 2.15. The second-order valence-corrected chi connectivity index (χ2v) is 2.68. The second-order valence-electron chi connectivity index (χ2n) is 1.87. The average Bonchev–Trinajstić information content (AvgIpc) is 2.34. The standard InChI is InChI=1S/C5H5BrN2O3/c6-3-1-2(11-8-3)4(7)5(9)10/h1,4H,7H2,(H,9,10). The molecule has 0 saturated heterocycles. The number of carbonyl (C=O) groups is 1. The van der Waals surface area contributed by atoms with Gasteiger partial charge in [-0.1, -0.05) is 5.16 Å². The van der Waals surface area contributed by atoms with E-state index in [9.17, 15) is 4.79 Å². The zero-order valence-electron chi connectivity index (χ0n) is 5.32. The molecule has 0 aliphatic carbocycles. The van der Waals surface area contributed by atoms with Gasteiger partial charge < -0.3 is 15.4 Å². The van der Waals surface area contributed by atoms with Gasteiger partial charge in [-0.3, -0.25) is 4.79 Å². The van der Waals surface area contributed by atoms with Crippen molar-refractivity contribution < 1.29 is 14.4 Å². The average molecular weight is 221 g/mol. The molecule has 5 nitrogen and oxygen atoms in total. The van der Waals surface area contributed by atoms with E-state index in [4.69, 9.17) is 10.8 Å². The molecule has 3 N–H and O–H groups in total. The number of hydrogen-bond donors (Lipinski definition) is 2. The second kappa shape index (κ2) is 3.02. The fraction of sp³-hybridized carbons (Fsp3) is 0.200. The molecule has 1 aromatic heterocycles. The van der Waals surface area contributed by atoms with E-state index in [1.54, 1.807) is 0 Å².